The van der Waals surface area contributed by atoms with E-state index in [1.807, 2.05) is 13.0 Å². The summed E-state index contributed by atoms with van der Waals surface area (Å²) >= 11 is 0. The molecule has 0 heterocycles. The number of allylic oxidation sites excluding steroid dienone is 1. The fourth-order valence-electron chi connectivity index (χ4n) is 1.84. The van der Waals surface area contributed by atoms with E-state index in [0.717, 1.165) is 32.4 Å². The summed E-state index contributed by atoms with van der Waals surface area (Å²) in [5.41, 5.74) is 0. The Bertz CT molecular complexity index is 242. The fourth-order valence-corrected chi connectivity index (χ4v) is 1.84. The molecular formula is C13H24N2O2. The van der Waals surface area contributed by atoms with Crippen molar-refractivity contribution in [3.05, 3.63) is 12.2 Å². The van der Waals surface area contributed by atoms with Crippen LogP contribution in [-0.4, -0.2) is 31.8 Å². The number of carbonyl (C=O) groups excluding carboxylic acids is 1. The monoisotopic (exact) mass is 240 g/mol. The maximum Gasteiger partial charge on any atom is 0.407 e. The molecule has 2 N–H and O–H groups in total. The van der Waals surface area contributed by atoms with Gasteiger partial charge in [-0.05, 0) is 38.3 Å². The highest BCUT2D eigenvalue weighted by molar-refractivity contribution is 5.67. The van der Waals surface area contributed by atoms with Crippen LogP contribution in [-0.2, 0) is 4.74 Å². The Hall–Kier alpha value is -1.03. The standard InChI is InChI=1S/C13H24N2O2/c1-2-14-10-11-15-13(16)17-12-8-6-4-3-5-7-9-12/h6,8,12,14H,2-5,7,9-11H2,1H3,(H,15,16)/b8-6+/t12-/m1/s1. The lowest BCUT2D eigenvalue weighted by atomic mass is 10.0. The van der Waals surface area contributed by atoms with E-state index in [1.54, 1.807) is 0 Å². The molecule has 0 spiro atoms. The van der Waals surface area contributed by atoms with Gasteiger partial charge in [0.25, 0.3) is 0 Å². The third kappa shape index (κ3) is 7.00. The first-order valence-corrected chi connectivity index (χ1v) is 6.64. The molecule has 1 aliphatic carbocycles. The van der Waals surface area contributed by atoms with Crippen molar-refractivity contribution in [2.45, 2.75) is 45.1 Å². The summed E-state index contributed by atoms with van der Waals surface area (Å²) in [5.74, 6) is 0. The van der Waals surface area contributed by atoms with E-state index < -0.39 is 0 Å². The number of carbonyl (C=O) groups is 1. The molecule has 1 amide bonds. The minimum atomic E-state index is -0.307. The van der Waals surface area contributed by atoms with Crippen LogP contribution in [0.2, 0.25) is 0 Å². The lowest BCUT2D eigenvalue weighted by molar-refractivity contribution is 0.113. The lowest BCUT2D eigenvalue weighted by Gasteiger charge is -2.16. The molecule has 98 valence electrons. The molecule has 4 nitrogen and oxygen atoms in total. The van der Waals surface area contributed by atoms with Crippen molar-refractivity contribution in [3.8, 4) is 0 Å². The zero-order chi connectivity index (χ0) is 12.3. The first-order chi connectivity index (χ1) is 8.33. The number of alkyl carbamates (subject to hydrolysis) is 1. The molecule has 0 aromatic heterocycles. The van der Waals surface area contributed by atoms with Gasteiger partial charge in [-0.15, -0.1) is 0 Å². The van der Waals surface area contributed by atoms with E-state index in [-0.39, 0.29) is 12.2 Å². The molecule has 0 unspecified atom stereocenters. The zero-order valence-electron chi connectivity index (χ0n) is 10.7. The second kappa shape index (κ2) is 9.05. The normalized spacial score (nSPS) is 22.3. The number of rotatable bonds is 5. The van der Waals surface area contributed by atoms with Crippen LogP contribution in [0.5, 0.6) is 0 Å². The van der Waals surface area contributed by atoms with Crippen molar-refractivity contribution < 1.29 is 9.53 Å². The highest BCUT2D eigenvalue weighted by Gasteiger charge is 2.11. The van der Waals surface area contributed by atoms with Gasteiger partial charge in [-0.25, -0.2) is 4.79 Å². The van der Waals surface area contributed by atoms with Crippen molar-refractivity contribution in [1.29, 1.82) is 0 Å². The lowest BCUT2D eigenvalue weighted by Crippen LogP contribution is -2.34. The summed E-state index contributed by atoms with van der Waals surface area (Å²) < 4.78 is 5.34. The average molecular weight is 240 g/mol. The van der Waals surface area contributed by atoms with Crippen LogP contribution in [0.1, 0.15) is 39.0 Å². The van der Waals surface area contributed by atoms with Crippen LogP contribution in [0, 0.1) is 0 Å². The molecule has 1 atom stereocenters. The van der Waals surface area contributed by atoms with Crippen molar-refractivity contribution >= 4 is 6.09 Å². The second-order valence-electron chi connectivity index (χ2n) is 4.29. The fraction of sp³-hybridized carbons (Fsp3) is 0.769. The average Bonchev–Trinajstić information content (AvgIpc) is 2.28. The van der Waals surface area contributed by atoms with Gasteiger partial charge in [-0.3, -0.25) is 0 Å². The maximum absolute atomic E-state index is 11.5. The van der Waals surface area contributed by atoms with Gasteiger partial charge in [0.15, 0.2) is 0 Å². The van der Waals surface area contributed by atoms with Crippen molar-refractivity contribution in [2.75, 3.05) is 19.6 Å². The molecule has 0 saturated heterocycles. The molecule has 0 fully saturated rings. The Morgan fingerprint density at radius 3 is 3.06 bits per heavy atom. The highest BCUT2D eigenvalue weighted by Crippen LogP contribution is 2.14. The minimum Gasteiger partial charge on any atom is -0.442 e. The minimum absolute atomic E-state index is 0.0468. The van der Waals surface area contributed by atoms with Gasteiger partial charge in [0.05, 0.1) is 0 Å². The Morgan fingerprint density at radius 1 is 1.35 bits per heavy atom. The van der Waals surface area contributed by atoms with Gasteiger partial charge in [0.2, 0.25) is 0 Å². The van der Waals surface area contributed by atoms with Gasteiger partial charge < -0.3 is 15.4 Å². The number of nitrogens with one attached hydrogen (secondary N) is 2. The van der Waals surface area contributed by atoms with Crippen molar-refractivity contribution in [2.24, 2.45) is 0 Å². The van der Waals surface area contributed by atoms with Crippen LogP contribution < -0.4 is 10.6 Å². The van der Waals surface area contributed by atoms with Gasteiger partial charge in [0.1, 0.15) is 6.10 Å². The van der Waals surface area contributed by atoms with Crippen LogP contribution >= 0.6 is 0 Å². The van der Waals surface area contributed by atoms with Gasteiger partial charge in [-0.1, -0.05) is 19.4 Å². The van der Waals surface area contributed by atoms with E-state index in [1.165, 1.54) is 12.8 Å². The van der Waals surface area contributed by atoms with Gasteiger partial charge in [0, 0.05) is 13.1 Å². The molecule has 0 radical (unpaired) electrons. The van der Waals surface area contributed by atoms with E-state index in [4.69, 9.17) is 4.74 Å². The number of hydrogen-bond donors (Lipinski definition) is 2. The molecular weight excluding hydrogens is 216 g/mol. The van der Waals surface area contributed by atoms with Crippen LogP contribution in [0.3, 0.4) is 0 Å². The smallest absolute Gasteiger partial charge is 0.407 e. The predicted molar refractivity (Wildman–Crippen MR) is 69.0 cm³/mol. The molecule has 0 aromatic carbocycles. The summed E-state index contributed by atoms with van der Waals surface area (Å²) in [6.07, 6.45) is 9.44. The van der Waals surface area contributed by atoms with E-state index in [2.05, 4.69) is 16.7 Å². The van der Waals surface area contributed by atoms with Crippen LogP contribution in [0.4, 0.5) is 4.79 Å². The molecule has 0 aliphatic heterocycles. The second-order valence-corrected chi connectivity index (χ2v) is 4.29. The summed E-state index contributed by atoms with van der Waals surface area (Å²) in [4.78, 5) is 11.5. The quantitative estimate of drug-likeness (QED) is 0.572. The summed E-state index contributed by atoms with van der Waals surface area (Å²) in [6, 6.07) is 0. The molecule has 17 heavy (non-hydrogen) atoms. The molecule has 0 bridgehead atoms. The number of likely N-dealkylation sites (N-methyl/N-ethyl adjacent to an activating group) is 1. The Kier molecular flexibility index (Phi) is 7.47. The summed E-state index contributed by atoms with van der Waals surface area (Å²) in [6.45, 7) is 4.36. The molecule has 1 aliphatic rings. The summed E-state index contributed by atoms with van der Waals surface area (Å²) in [5, 5.41) is 5.88. The topological polar surface area (TPSA) is 50.4 Å². The number of hydrogen-bond acceptors (Lipinski definition) is 3. The van der Waals surface area contributed by atoms with Crippen molar-refractivity contribution in [1.82, 2.24) is 10.6 Å². The van der Waals surface area contributed by atoms with Gasteiger partial charge >= 0.3 is 6.09 Å². The third-order valence-electron chi connectivity index (χ3n) is 2.79. The Labute approximate surface area is 104 Å². The molecule has 1 rings (SSSR count). The first kappa shape index (κ1) is 14.0. The van der Waals surface area contributed by atoms with Crippen LogP contribution in [0.15, 0.2) is 12.2 Å². The Balaban J connectivity index is 2.17. The molecule has 4 heteroatoms. The Morgan fingerprint density at radius 2 is 2.24 bits per heavy atom. The SMILES string of the molecule is CCNCCNC(=O)O[C@@H]1/C=C/CCCCC1. The van der Waals surface area contributed by atoms with Crippen LogP contribution in [0.25, 0.3) is 0 Å². The van der Waals surface area contributed by atoms with Gasteiger partial charge in [-0.2, -0.15) is 0 Å². The third-order valence-corrected chi connectivity index (χ3v) is 2.79. The molecule has 0 aromatic rings. The molecule has 0 saturated carbocycles. The highest BCUT2D eigenvalue weighted by atomic mass is 16.6. The maximum atomic E-state index is 11.5. The van der Waals surface area contributed by atoms with E-state index in [0.29, 0.717) is 6.54 Å². The largest absolute Gasteiger partial charge is 0.442 e. The van der Waals surface area contributed by atoms with E-state index >= 15 is 0 Å². The van der Waals surface area contributed by atoms with Crippen molar-refractivity contribution in [3.63, 3.8) is 0 Å². The predicted octanol–water partition coefficient (Wildman–Crippen LogP) is 2.21. The first-order valence-electron chi connectivity index (χ1n) is 6.64. The van der Waals surface area contributed by atoms with E-state index in [9.17, 15) is 4.79 Å². The number of ether oxygens (including phenoxy) is 1. The summed E-state index contributed by atoms with van der Waals surface area (Å²) in [7, 11) is 0. The zero-order valence-corrected chi connectivity index (χ0v) is 10.7. The number of amides is 1.